The Labute approximate surface area is 52.5 Å². The van der Waals surface area contributed by atoms with E-state index in [1.807, 2.05) is 6.07 Å². The number of nitriles is 1. The molecule has 1 aliphatic rings. The summed E-state index contributed by atoms with van der Waals surface area (Å²) in [5, 5.41) is 11.7. The molecule has 0 saturated heterocycles. The highest BCUT2D eigenvalue weighted by molar-refractivity contribution is 6.06. The Morgan fingerprint density at radius 1 is 1.56 bits per heavy atom. The lowest BCUT2D eigenvalue weighted by Crippen LogP contribution is -1.85. The van der Waals surface area contributed by atoms with Gasteiger partial charge in [-0.15, -0.1) is 0 Å². The molecule has 3 nitrogen and oxygen atoms in total. The van der Waals surface area contributed by atoms with Crippen molar-refractivity contribution in [3.63, 3.8) is 0 Å². The highest BCUT2D eigenvalue weighted by Crippen LogP contribution is 1.90. The Morgan fingerprint density at radius 3 is 3.22 bits per heavy atom. The zero-order valence-electron chi connectivity index (χ0n) is 4.61. The molecule has 0 bridgehead atoms. The molecule has 1 heterocycles. The molecular weight excluding hydrogens is 116 g/mol. The van der Waals surface area contributed by atoms with Gasteiger partial charge in [-0.3, -0.25) is 0 Å². The molecule has 0 unspecified atom stereocenters. The largest absolute Gasteiger partial charge is 0.364 e. The highest BCUT2D eigenvalue weighted by Gasteiger charge is 1.90. The molecule has 1 rings (SSSR count). The number of allylic oxidation sites excluding steroid dienone is 3. The first kappa shape index (κ1) is 5.57. The van der Waals surface area contributed by atoms with Gasteiger partial charge in [-0.25, -0.2) is 0 Å². The van der Waals surface area contributed by atoms with Crippen molar-refractivity contribution in [2.45, 2.75) is 0 Å². The monoisotopic (exact) mass is 120 g/mol. The van der Waals surface area contributed by atoms with Crippen molar-refractivity contribution in [3.8, 4) is 6.07 Å². The fourth-order valence-corrected chi connectivity index (χ4v) is 0.403. The Balaban J connectivity index is 2.78. The second kappa shape index (κ2) is 2.68. The van der Waals surface area contributed by atoms with Gasteiger partial charge >= 0.3 is 0 Å². The van der Waals surface area contributed by atoms with E-state index in [2.05, 4.69) is 9.99 Å². The molecule has 0 spiro atoms. The average Bonchev–Trinajstić information content (AvgIpc) is 2.13. The van der Waals surface area contributed by atoms with Crippen molar-refractivity contribution in [2.75, 3.05) is 0 Å². The number of hydrogen-bond donors (Lipinski definition) is 0. The van der Waals surface area contributed by atoms with E-state index in [0.717, 1.165) is 0 Å². The lowest BCUT2D eigenvalue weighted by molar-refractivity contribution is 0.270. The zero-order valence-corrected chi connectivity index (χ0v) is 4.61. The van der Waals surface area contributed by atoms with Gasteiger partial charge in [-0.2, -0.15) is 5.26 Å². The van der Waals surface area contributed by atoms with Crippen LogP contribution in [0.25, 0.3) is 0 Å². The van der Waals surface area contributed by atoms with Crippen LogP contribution in [0, 0.1) is 11.3 Å². The Morgan fingerprint density at radius 2 is 2.44 bits per heavy atom. The van der Waals surface area contributed by atoms with Crippen LogP contribution >= 0.6 is 0 Å². The molecule has 0 aromatic heterocycles. The lowest BCUT2D eigenvalue weighted by atomic mass is 10.3. The van der Waals surface area contributed by atoms with Gasteiger partial charge in [0, 0.05) is 0 Å². The summed E-state index contributed by atoms with van der Waals surface area (Å²) >= 11 is 0. The van der Waals surface area contributed by atoms with Crippen molar-refractivity contribution in [1.82, 2.24) is 0 Å². The van der Waals surface area contributed by atoms with Gasteiger partial charge in [0.15, 0.2) is 5.71 Å². The van der Waals surface area contributed by atoms with Gasteiger partial charge in [-0.05, 0) is 12.2 Å². The first-order valence-corrected chi connectivity index (χ1v) is 2.40. The molecule has 0 atom stereocenters. The van der Waals surface area contributed by atoms with Gasteiger partial charge in [0.05, 0.1) is 0 Å². The van der Waals surface area contributed by atoms with E-state index in [0.29, 0.717) is 0 Å². The molecule has 0 radical (unpaired) electrons. The molecule has 9 heavy (non-hydrogen) atoms. The first-order chi connectivity index (χ1) is 4.43. The van der Waals surface area contributed by atoms with Crippen LogP contribution in [0.15, 0.2) is 29.6 Å². The standard InChI is InChI=1S/C6H4N2O/c7-5-6-3-1-2-4-9-8-6/h1-4H. The van der Waals surface area contributed by atoms with Crippen LogP contribution in [0.1, 0.15) is 0 Å². The summed E-state index contributed by atoms with van der Waals surface area (Å²) < 4.78 is 0. The minimum Gasteiger partial charge on any atom is -0.364 e. The lowest BCUT2D eigenvalue weighted by Gasteiger charge is -1.82. The molecule has 0 aromatic rings. The van der Waals surface area contributed by atoms with Crippen LogP contribution in [-0.4, -0.2) is 5.71 Å². The summed E-state index contributed by atoms with van der Waals surface area (Å²) in [4.78, 5) is 4.52. The van der Waals surface area contributed by atoms with Crippen LogP contribution in [-0.2, 0) is 4.84 Å². The maximum absolute atomic E-state index is 8.28. The van der Waals surface area contributed by atoms with Crippen LogP contribution < -0.4 is 0 Å². The Kier molecular flexibility index (Phi) is 1.66. The minimum atomic E-state index is 0.278. The second-order valence-electron chi connectivity index (χ2n) is 1.38. The minimum absolute atomic E-state index is 0.278. The van der Waals surface area contributed by atoms with Crippen LogP contribution in [0.5, 0.6) is 0 Å². The summed E-state index contributed by atoms with van der Waals surface area (Å²) in [5.74, 6) is 0. The van der Waals surface area contributed by atoms with E-state index in [9.17, 15) is 0 Å². The molecule has 0 N–H and O–H groups in total. The fraction of sp³-hybridized carbons (Fsp3) is 0. The van der Waals surface area contributed by atoms with Gasteiger partial charge in [0.2, 0.25) is 0 Å². The molecule has 1 aliphatic heterocycles. The maximum Gasteiger partial charge on any atom is 0.180 e. The van der Waals surface area contributed by atoms with Crippen molar-refractivity contribution in [2.24, 2.45) is 5.16 Å². The third kappa shape index (κ3) is 1.42. The van der Waals surface area contributed by atoms with Crippen molar-refractivity contribution in [3.05, 3.63) is 24.5 Å². The molecule has 0 saturated carbocycles. The molecular formula is C6H4N2O. The van der Waals surface area contributed by atoms with E-state index in [1.54, 1.807) is 18.2 Å². The Hall–Kier alpha value is -1.56. The van der Waals surface area contributed by atoms with Gasteiger partial charge < -0.3 is 4.84 Å². The maximum atomic E-state index is 8.28. The van der Waals surface area contributed by atoms with Crippen molar-refractivity contribution < 1.29 is 4.84 Å². The SMILES string of the molecule is N#CC1=NOC=CC=C1. The second-order valence-corrected chi connectivity index (χ2v) is 1.38. The summed E-state index contributed by atoms with van der Waals surface area (Å²) in [6, 6.07) is 1.84. The molecule has 0 fully saturated rings. The van der Waals surface area contributed by atoms with E-state index in [1.165, 1.54) is 6.26 Å². The smallest absolute Gasteiger partial charge is 0.180 e. The van der Waals surface area contributed by atoms with Gasteiger partial charge in [0.1, 0.15) is 12.3 Å². The van der Waals surface area contributed by atoms with Gasteiger partial charge in [-0.1, -0.05) is 11.2 Å². The number of nitrogens with zero attached hydrogens (tertiary/aromatic N) is 2. The predicted molar refractivity (Wildman–Crippen MR) is 32.4 cm³/mol. The quantitative estimate of drug-likeness (QED) is 0.478. The summed E-state index contributed by atoms with van der Waals surface area (Å²) in [5.41, 5.74) is 0.278. The van der Waals surface area contributed by atoms with Gasteiger partial charge in [0.25, 0.3) is 0 Å². The van der Waals surface area contributed by atoms with Crippen LogP contribution in [0.4, 0.5) is 0 Å². The van der Waals surface area contributed by atoms with E-state index in [4.69, 9.17) is 5.26 Å². The van der Waals surface area contributed by atoms with Crippen molar-refractivity contribution >= 4 is 5.71 Å². The topological polar surface area (TPSA) is 45.4 Å². The average molecular weight is 120 g/mol. The molecule has 3 heteroatoms. The van der Waals surface area contributed by atoms with Crippen LogP contribution in [0.2, 0.25) is 0 Å². The summed E-state index contributed by atoms with van der Waals surface area (Å²) in [6.45, 7) is 0. The summed E-state index contributed by atoms with van der Waals surface area (Å²) in [6.07, 6.45) is 6.33. The third-order valence-electron chi connectivity index (χ3n) is 0.770. The number of rotatable bonds is 0. The molecule has 0 amide bonds. The van der Waals surface area contributed by atoms with E-state index in [-0.39, 0.29) is 5.71 Å². The fourth-order valence-electron chi connectivity index (χ4n) is 0.403. The molecule has 44 valence electrons. The Bertz CT molecular complexity index is 220. The molecule has 0 aliphatic carbocycles. The first-order valence-electron chi connectivity index (χ1n) is 2.40. The normalized spacial score (nSPS) is 15.2. The number of hydrogen-bond acceptors (Lipinski definition) is 3. The van der Waals surface area contributed by atoms with E-state index < -0.39 is 0 Å². The third-order valence-corrected chi connectivity index (χ3v) is 0.770. The van der Waals surface area contributed by atoms with Crippen LogP contribution in [0.3, 0.4) is 0 Å². The summed E-state index contributed by atoms with van der Waals surface area (Å²) in [7, 11) is 0. The highest BCUT2D eigenvalue weighted by atomic mass is 16.6. The molecule has 0 aromatic carbocycles. The predicted octanol–water partition coefficient (Wildman–Crippen LogP) is 0.966. The number of oxime groups is 1. The van der Waals surface area contributed by atoms with Crippen molar-refractivity contribution in [1.29, 1.82) is 5.26 Å². The van der Waals surface area contributed by atoms with E-state index >= 15 is 0 Å². The zero-order chi connectivity index (χ0) is 6.53.